The van der Waals surface area contributed by atoms with Crippen LogP contribution in [0.2, 0.25) is 0 Å². The van der Waals surface area contributed by atoms with Gasteiger partial charge in [-0.1, -0.05) is 80.8 Å². The number of amides is 2. The number of nitrogens with one attached hydrogen (secondary N) is 1. The number of hydrogen-bond donors (Lipinski definition) is 1. The highest BCUT2D eigenvalue weighted by atomic mass is 16.6. The zero-order valence-corrected chi connectivity index (χ0v) is 23.6. The third kappa shape index (κ3) is 4.74. The highest BCUT2D eigenvalue weighted by Gasteiger charge is 2.47. The summed E-state index contributed by atoms with van der Waals surface area (Å²) in [4.78, 5) is 27.1. The van der Waals surface area contributed by atoms with E-state index in [2.05, 4.69) is 66.8 Å². The lowest BCUT2D eigenvalue weighted by Crippen LogP contribution is -2.57. The molecule has 3 aromatic rings. The normalized spacial score (nSPS) is 23.1. The Bertz CT molecular complexity index is 1390. The van der Waals surface area contributed by atoms with Gasteiger partial charge < -0.3 is 19.7 Å². The molecular weight excluding hydrogens is 500 g/mol. The summed E-state index contributed by atoms with van der Waals surface area (Å²) < 4.78 is 11.6. The topological polar surface area (TPSA) is 67.9 Å². The molecule has 0 radical (unpaired) electrons. The van der Waals surface area contributed by atoms with Crippen LogP contribution >= 0.6 is 0 Å². The van der Waals surface area contributed by atoms with E-state index in [1.165, 1.54) is 44.7 Å². The molecule has 0 unspecified atom stereocenters. The minimum absolute atomic E-state index is 0.0280. The van der Waals surface area contributed by atoms with Gasteiger partial charge in [-0.05, 0) is 70.7 Å². The van der Waals surface area contributed by atoms with Gasteiger partial charge in [-0.2, -0.15) is 0 Å². The summed E-state index contributed by atoms with van der Waals surface area (Å²) >= 11 is 0. The van der Waals surface area contributed by atoms with Gasteiger partial charge in [0.25, 0.3) is 0 Å². The summed E-state index contributed by atoms with van der Waals surface area (Å²) in [5.41, 5.74) is 7.02. The third-order valence-corrected chi connectivity index (χ3v) is 9.29. The van der Waals surface area contributed by atoms with Gasteiger partial charge in [0, 0.05) is 31.5 Å². The van der Waals surface area contributed by atoms with Crippen molar-refractivity contribution in [2.45, 2.75) is 62.8 Å². The molecule has 6 nitrogen and oxygen atoms in total. The van der Waals surface area contributed by atoms with Gasteiger partial charge in [-0.15, -0.1) is 0 Å². The third-order valence-electron chi connectivity index (χ3n) is 9.29. The van der Waals surface area contributed by atoms with E-state index in [0.717, 1.165) is 32.1 Å². The van der Waals surface area contributed by atoms with Crippen molar-refractivity contribution in [3.8, 4) is 16.9 Å². The van der Waals surface area contributed by atoms with Crippen LogP contribution in [0.4, 0.5) is 9.59 Å². The molecule has 3 aliphatic carbocycles. The Hall–Kier alpha value is -3.80. The van der Waals surface area contributed by atoms with Crippen molar-refractivity contribution in [3.05, 3.63) is 89.0 Å². The zero-order valence-electron chi connectivity index (χ0n) is 23.6. The molecule has 1 N–H and O–H groups in total. The minimum atomic E-state index is -0.398. The number of fused-ring (bicyclic) bond motifs is 7. The molecule has 3 atom stereocenters. The number of rotatable bonds is 4. The fraction of sp³-hybridized carbons (Fsp3) is 0.412. The molecule has 0 spiro atoms. The lowest BCUT2D eigenvalue weighted by Gasteiger charge is -2.49. The quantitative estimate of drug-likeness (QED) is 0.387. The lowest BCUT2D eigenvalue weighted by molar-refractivity contribution is 0.112. The van der Waals surface area contributed by atoms with Crippen molar-refractivity contribution in [1.29, 1.82) is 0 Å². The average Bonchev–Trinajstić information content (AvgIpc) is 3.27. The Morgan fingerprint density at radius 2 is 1.65 bits per heavy atom. The summed E-state index contributed by atoms with van der Waals surface area (Å²) in [6.07, 6.45) is 5.60. The molecule has 6 heteroatoms. The van der Waals surface area contributed by atoms with E-state index < -0.39 is 6.09 Å². The molecule has 3 aromatic carbocycles. The first-order valence-electron chi connectivity index (χ1n) is 14.5. The van der Waals surface area contributed by atoms with Crippen LogP contribution in [0.25, 0.3) is 11.1 Å². The number of carbonyl (C=O) groups is 2. The zero-order chi connectivity index (χ0) is 27.9. The SMILES string of the molecule is CN(C)C(=O)Oc1ccc2c(c1)[C@@]1(C)CCCCC[C@@H](C2)[C@@H]1NC(=O)OCC1c2ccccc2-c2ccccc21. The second-order valence-corrected chi connectivity index (χ2v) is 12.0. The van der Waals surface area contributed by atoms with Crippen LogP contribution in [-0.4, -0.2) is 43.8 Å². The Morgan fingerprint density at radius 1 is 0.950 bits per heavy atom. The number of carbonyl (C=O) groups excluding carboxylic acids is 2. The van der Waals surface area contributed by atoms with Crippen LogP contribution in [0.15, 0.2) is 66.7 Å². The lowest BCUT2D eigenvalue weighted by atomic mass is 9.59. The average molecular weight is 539 g/mol. The molecule has 0 aliphatic heterocycles. The number of hydrogen-bond acceptors (Lipinski definition) is 4. The molecule has 0 saturated heterocycles. The highest BCUT2D eigenvalue weighted by molar-refractivity contribution is 5.79. The molecule has 40 heavy (non-hydrogen) atoms. The molecule has 6 rings (SSSR count). The standard InChI is InChI=1S/C34H38N2O4/c1-34-18-10-4-5-11-23(19-22-16-17-24(20-30(22)34)40-33(38)36(2)3)31(34)35-32(37)39-21-29-27-14-8-6-12-25(27)26-13-7-9-15-28(26)29/h6-9,12-17,20,23,29,31H,4-5,10-11,18-19,21H2,1-3H3,(H,35,37)/t23-,31-,34+/m0/s1. The van der Waals surface area contributed by atoms with Crippen molar-refractivity contribution >= 4 is 12.2 Å². The molecule has 208 valence electrons. The van der Waals surface area contributed by atoms with Crippen LogP contribution in [-0.2, 0) is 16.6 Å². The van der Waals surface area contributed by atoms with Gasteiger partial charge in [-0.3, -0.25) is 0 Å². The summed E-state index contributed by atoms with van der Waals surface area (Å²) in [5, 5.41) is 3.34. The second kappa shape index (κ2) is 10.6. The minimum Gasteiger partial charge on any atom is -0.449 e. The number of nitrogens with zero attached hydrogens (tertiary/aromatic N) is 1. The van der Waals surface area contributed by atoms with E-state index in [1.807, 2.05) is 12.1 Å². The molecule has 0 heterocycles. The largest absolute Gasteiger partial charge is 0.449 e. The van der Waals surface area contributed by atoms with E-state index in [9.17, 15) is 9.59 Å². The van der Waals surface area contributed by atoms with E-state index in [1.54, 1.807) is 14.1 Å². The van der Waals surface area contributed by atoms with Crippen LogP contribution in [0, 0.1) is 5.92 Å². The van der Waals surface area contributed by atoms with Gasteiger partial charge in [-0.25, -0.2) is 9.59 Å². The highest BCUT2D eigenvalue weighted by Crippen LogP contribution is 2.48. The second-order valence-electron chi connectivity index (χ2n) is 12.0. The van der Waals surface area contributed by atoms with Crippen LogP contribution in [0.3, 0.4) is 0 Å². The summed E-state index contributed by atoms with van der Waals surface area (Å²) in [6.45, 7) is 2.56. The number of alkyl carbamates (subject to hydrolysis) is 1. The maximum Gasteiger partial charge on any atom is 0.414 e. The number of benzene rings is 3. The Kier molecular flexibility index (Phi) is 7.03. The fourth-order valence-electron chi connectivity index (χ4n) is 7.29. The van der Waals surface area contributed by atoms with Crippen molar-refractivity contribution < 1.29 is 19.1 Å². The maximum atomic E-state index is 13.5. The summed E-state index contributed by atoms with van der Waals surface area (Å²) in [7, 11) is 3.35. The summed E-state index contributed by atoms with van der Waals surface area (Å²) in [6, 6.07) is 22.7. The fourth-order valence-corrected chi connectivity index (χ4v) is 7.29. The Morgan fingerprint density at radius 3 is 2.35 bits per heavy atom. The van der Waals surface area contributed by atoms with Crippen LogP contribution in [0.1, 0.15) is 67.2 Å². The maximum absolute atomic E-state index is 13.5. The first kappa shape index (κ1) is 26.4. The number of ether oxygens (including phenoxy) is 2. The molecule has 2 bridgehead atoms. The molecule has 0 aromatic heterocycles. The van der Waals surface area contributed by atoms with E-state index in [4.69, 9.17) is 9.47 Å². The van der Waals surface area contributed by atoms with Crippen LogP contribution < -0.4 is 10.1 Å². The first-order valence-corrected chi connectivity index (χ1v) is 14.5. The van der Waals surface area contributed by atoms with Crippen LogP contribution in [0.5, 0.6) is 5.75 Å². The summed E-state index contributed by atoms with van der Waals surface area (Å²) in [5.74, 6) is 0.896. The predicted octanol–water partition coefficient (Wildman–Crippen LogP) is 7.05. The van der Waals surface area contributed by atoms with Gasteiger partial charge in [0.15, 0.2) is 0 Å². The molecule has 3 aliphatic rings. The smallest absolute Gasteiger partial charge is 0.414 e. The molecule has 1 fully saturated rings. The van der Waals surface area contributed by atoms with Gasteiger partial charge >= 0.3 is 12.2 Å². The van der Waals surface area contributed by atoms with Crippen molar-refractivity contribution in [3.63, 3.8) is 0 Å². The van der Waals surface area contributed by atoms with Crippen molar-refractivity contribution in [2.75, 3.05) is 20.7 Å². The van der Waals surface area contributed by atoms with Gasteiger partial charge in [0.1, 0.15) is 12.4 Å². The molecule has 2 amide bonds. The molecule has 1 saturated carbocycles. The van der Waals surface area contributed by atoms with Gasteiger partial charge in [0.2, 0.25) is 0 Å². The Balaban J connectivity index is 1.23. The monoisotopic (exact) mass is 538 g/mol. The van der Waals surface area contributed by atoms with E-state index in [-0.39, 0.29) is 23.5 Å². The predicted molar refractivity (Wildman–Crippen MR) is 156 cm³/mol. The van der Waals surface area contributed by atoms with Crippen molar-refractivity contribution in [1.82, 2.24) is 10.2 Å². The van der Waals surface area contributed by atoms with Gasteiger partial charge in [0.05, 0.1) is 0 Å². The van der Waals surface area contributed by atoms with Crippen molar-refractivity contribution in [2.24, 2.45) is 5.92 Å². The molecular formula is C34H38N2O4. The Labute approximate surface area is 236 Å². The first-order chi connectivity index (χ1) is 19.3. The van der Waals surface area contributed by atoms with E-state index >= 15 is 0 Å². The van der Waals surface area contributed by atoms with E-state index in [0.29, 0.717) is 18.3 Å².